The van der Waals surface area contributed by atoms with E-state index in [-0.39, 0.29) is 0 Å². The fraction of sp³-hybridized carbons (Fsp3) is 0.222. The van der Waals surface area contributed by atoms with Gasteiger partial charge in [0.05, 0.1) is 6.61 Å². The highest BCUT2D eigenvalue weighted by atomic mass is 16.5. The Balaban J connectivity index is 2.57. The molecule has 2 rings (SSSR count). The van der Waals surface area contributed by atoms with Crippen LogP contribution >= 0.6 is 0 Å². The van der Waals surface area contributed by atoms with Crippen molar-refractivity contribution in [2.75, 3.05) is 7.11 Å². The molecule has 0 fully saturated rings. The van der Waals surface area contributed by atoms with Gasteiger partial charge in [0.2, 0.25) is 0 Å². The maximum atomic E-state index is 5.33. The van der Waals surface area contributed by atoms with E-state index in [9.17, 15) is 0 Å². The van der Waals surface area contributed by atoms with Crippen LogP contribution in [0.25, 0.3) is 16.7 Å². The molecule has 2 aromatic rings. The third-order valence-electron chi connectivity index (χ3n) is 3.33. The van der Waals surface area contributed by atoms with Crippen LogP contribution in [0.1, 0.15) is 23.6 Å². The predicted octanol–water partition coefficient (Wildman–Crippen LogP) is 4.84. The maximum Gasteiger partial charge on any atom is 0.0719 e. The van der Waals surface area contributed by atoms with Crippen LogP contribution in [-0.4, -0.2) is 7.11 Å². The Morgan fingerprint density at radius 2 is 1.84 bits per heavy atom. The monoisotopic (exact) mass is 252 g/mol. The molecular weight excluding hydrogens is 232 g/mol. The highest BCUT2D eigenvalue weighted by Gasteiger charge is 2.08. The maximum absolute atomic E-state index is 5.33. The Bertz CT molecular complexity index is 596. The average molecular weight is 252 g/mol. The molecule has 0 aromatic heterocycles. The molecule has 1 nitrogen and oxygen atoms in total. The molecule has 98 valence electrons. The van der Waals surface area contributed by atoms with E-state index < -0.39 is 0 Å². The first-order valence-corrected chi connectivity index (χ1v) is 6.47. The van der Waals surface area contributed by atoms with Crippen molar-refractivity contribution in [2.24, 2.45) is 0 Å². The van der Waals surface area contributed by atoms with Crippen LogP contribution in [-0.2, 0) is 11.3 Å². The van der Waals surface area contributed by atoms with Crippen molar-refractivity contribution >= 4 is 5.57 Å². The normalized spacial score (nSPS) is 10.5. The van der Waals surface area contributed by atoms with Gasteiger partial charge in [0, 0.05) is 7.11 Å². The molecule has 0 heterocycles. The van der Waals surface area contributed by atoms with Crippen LogP contribution in [0, 0.1) is 6.92 Å². The zero-order valence-electron chi connectivity index (χ0n) is 11.9. The van der Waals surface area contributed by atoms with Crippen molar-refractivity contribution in [3.8, 4) is 11.1 Å². The summed E-state index contributed by atoms with van der Waals surface area (Å²) in [6.45, 7) is 8.79. The molecule has 0 aliphatic heterocycles. The molecule has 0 saturated carbocycles. The minimum Gasteiger partial charge on any atom is -0.380 e. The quantitative estimate of drug-likeness (QED) is 0.756. The molecule has 0 amide bonds. The van der Waals surface area contributed by atoms with Crippen LogP contribution in [0.4, 0.5) is 0 Å². The molecule has 0 aliphatic rings. The fourth-order valence-electron chi connectivity index (χ4n) is 2.27. The number of benzene rings is 2. The molecular formula is C18H20O. The van der Waals surface area contributed by atoms with Crippen molar-refractivity contribution in [3.05, 3.63) is 65.7 Å². The molecule has 0 N–H and O–H groups in total. The van der Waals surface area contributed by atoms with Gasteiger partial charge < -0.3 is 4.74 Å². The smallest absolute Gasteiger partial charge is 0.0719 e. The lowest BCUT2D eigenvalue weighted by Gasteiger charge is -2.13. The Labute approximate surface area is 115 Å². The zero-order chi connectivity index (χ0) is 13.8. The van der Waals surface area contributed by atoms with Crippen LogP contribution in [0.15, 0.2) is 49.0 Å². The van der Waals surface area contributed by atoms with E-state index >= 15 is 0 Å². The van der Waals surface area contributed by atoms with Crippen LogP contribution in [0.2, 0.25) is 0 Å². The molecule has 2 aromatic carbocycles. The first kappa shape index (κ1) is 13.6. The number of allylic oxidation sites excluding steroid dienone is 1. The van der Waals surface area contributed by atoms with E-state index in [4.69, 9.17) is 4.74 Å². The van der Waals surface area contributed by atoms with Gasteiger partial charge in [0.1, 0.15) is 0 Å². The number of ether oxygens (including phenoxy) is 1. The molecule has 19 heavy (non-hydrogen) atoms. The van der Waals surface area contributed by atoms with E-state index in [2.05, 4.69) is 56.0 Å². The third kappa shape index (κ3) is 2.94. The standard InChI is InChI=1S/C18H20O/c1-13(2)15-9-10-18(16(11-15)12-19-4)17-8-6-5-7-14(17)3/h5-11H,1,12H2,2-4H3. The number of aryl methyl sites for hydroxylation is 1. The largest absolute Gasteiger partial charge is 0.380 e. The number of hydrogen-bond acceptors (Lipinski definition) is 1. The molecule has 0 atom stereocenters. The molecule has 0 radical (unpaired) electrons. The Morgan fingerprint density at radius 1 is 1.11 bits per heavy atom. The summed E-state index contributed by atoms with van der Waals surface area (Å²) in [6, 6.07) is 14.9. The van der Waals surface area contributed by atoms with Crippen molar-refractivity contribution in [1.29, 1.82) is 0 Å². The van der Waals surface area contributed by atoms with Crippen molar-refractivity contribution < 1.29 is 4.74 Å². The van der Waals surface area contributed by atoms with Gasteiger partial charge in [-0.15, -0.1) is 0 Å². The summed E-state index contributed by atoms with van der Waals surface area (Å²) in [7, 11) is 1.73. The van der Waals surface area contributed by atoms with Crippen LogP contribution < -0.4 is 0 Å². The SMILES string of the molecule is C=C(C)c1ccc(-c2ccccc2C)c(COC)c1. The van der Waals surface area contributed by atoms with Gasteiger partial charge in [-0.2, -0.15) is 0 Å². The second-order valence-corrected chi connectivity index (χ2v) is 4.90. The summed E-state index contributed by atoms with van der Waals surface area (Å²) >= 11 is 0. The summed E-state index contributed by atoms with van der Waals surface area (Å²) in [4.78, 5) is 0. The topological polar surface area (TPSA) is 9.23 Å². The van der Waals surface area contributed by atoms with Gasteiger partial charge in [-0.3, -0.25) is 0 Å². The van der Waals surface area contributed by atoms with Gasteiger partial charge in [0.15, 0.2) is 0 Å². The fourth-order valence-corrected chi connectivity index (χ4v) is 2.27. The third-order valence-corrected chi connectivity index (χ3v) is 3.33. The van der Waals surface area contributed by atoms with Crippen LogP contribution in [0.5, 0.6) is 0 Å². The zero-order valence-corrected chi connectivity index (χ0v) is 11.9. The second-order valence-electron chi connectivity index (χ2n) is 4.90. The van der Waals surface area contributed by atoms with E-state index in [0.717, 1.165) is 5.57 Å². The lowest BCUT2D eigenvalue weighted by molar-refractivity contribution is 0.185. The summed E-state index contributed by atoms with van der Waals surface area (Å²) < 4.78 is 5.33. The Hall–Kier alpha value is -1.86. The van der Waals surface area contributed by atoms with E-state index in [0.29, 0.717) is 6.61 Å². The van der Waals surface area contributed by atoms with Gasteiger partial charge >= 0.3 is 0 Å². The molecule has 0 unspecified atom stereocenters. The highest BCUT2D eigenvalue weighted by molar-refractivity contribution is 5.74. The lowest BCUT2D eigenvalue weighted by Crippen LogP contribution is -1.95. The van der Waals surface area contributed by atoms with Crippen LogP contribution in [0.3, 0.4) is 0 Å². The van der Waals surface area contributed by atoms with Crippen molar-refractivity contribution in [1.82, 2.24) is 0 Å². The predicted molar refractivity (Wildman–Crippen MR) is 82.0 cm³/mol. The van der Waals surface area contributed by atoms with Gasteiger partial charge in [0.25, 0.3) is 0 Å². The van der Waals surface area contributed by atoms with Crippen molar-refractivity contribution in [2.45, 2.75) is 20.5 Å². The minimum absolute atomic E-state index is 0.616. The number of methoxy groups -OCH3 is 1. The Morgan fingerprint density at radius 3 is 2.47 bits per heavy atom. The average Bonchev–Trinajstić information content (AvgIpc) is 2.40. The molecule has 0 bridgehead atoms. The molecule has 0 saturated heterocycles. The summed E-state index contributed by atoms with van der Waals surface area (Å²) in [6.07, 6.45) is 0. The molecule has 0 spiro atoms. The number of hydrogen-bond donors (Lipinski definition) is 0. The molecule has 1 heteroatoms. The Kier molecular flexibility index (Phi) is 4.18. The highest BCUT2D eigenvalue weighted by Crippen LogP contribution is 2.29. The van der Waals surface area contributed by atoms with Gasteiger partial charge in [-0.1, -0.05) is 48.6 Å². The van der Waals surface area contributed by atoms with Crippen molar-refractivity contribution in [3.63, 3.8) is 0 Å². The molecule has 0 aliphatic carbocycles. The summed E-state index contributed by atoms with van der Waals surface area (Å²) in [5.74, 6) is 0. The van der Waals surface area contributed by atoms with Gasteiger partial charge in [-0.05, 0) is 47.7 Å². The first-order chi connectivity index (χ1) is 9.13. The second kappa shape index (κ2) is 5.85. The van der Waals surface area contributed by atoms with Gasteiger partial charge in [-0.25, -0.2) is 0 Å². The first-order valence-electron chi connectivity index (χ1n) is 6.47. The lowest BCUT2D eigenvalue weighted by atomic mass is 9.93. The van der Waals surface area contributed by atoms with E-state index in [1.54, 1.807) is 7.11 Å². The summed E-state index contributed by atoms with van der Waals surface area (Å²) in [5, 5.41) is 0. The summed E-state index contributed by atoms with van der Waals surface area (Å²) in [5.41, 5.74) is 7.24. The van der Waals surface area contributed by atoms with E-state index in [1.165, 1.54) is 27.8 Å². The minimum atomic E-state index is 0.616. The number of rotatable bonds is 4. The van der Waals surface area contributed by atoms with E-state index in [1.807, 2.05) is 6.92 Å².